The summed E-state index contributed by atoms with van der Waals surface area (Å²) in [6, 6.07) is 12.0. The van der Waals surface area contributed by atoms with Crippen molar-refractivity contribution < 1.29 is 9.90 Å². The summed E-state index contributed by atoms with van der Waals surface area (Å²) >= 11 is 6.06. The zero-order valence-corrected chi connectivity index (χ0v) is 12.2. The van der Waals surface area contributed by atoms with Gasteiger partial charge in [-0.25, -0.2) is 0 Å². The smallest absolute Gasteiger partial charge is 0.259 e. The van der Waals surface area contributed by atoms with Crippen LogP contribution in [0.4, 0.5) is 5.69 Å². The van der Waals surface area contributed by atoms with Crippen LogP contribution in [0.2, 0.25) is 5.02 Å². The van der Waals surface area contributed by atoms with Gasteiger partial charge >= 0.3 is 0 Å². The van der Waals surface area contributed by atoms with E-state index in [0.29, 0.717) is 17.1 Å². The van der Waals surface area contributed by atoms with E-state index in [2.05, 4.69) is 0 Å². The summed E-state index contributed by atoms with van der Waals surface area (Å²) in [6.07, 6.45) is 0. The van der Waals surface area contributed by atoms with Gasteiger partial charge in [-0.15, -0.1) is 0 Å². The maximum Gasteiger partial charge on any atom is 0.259 e. The first-order valence-corrected chi connectivity index (χ1v) is 6.78. The fourth-order valence-electron chi connectivity index (χ4n) is 2.11. The Kier molecular flexibility index (Phi) is 4.30. The minimum atomic E-state index is -0.220. The molecule has 4 heteroatoms. The van der Waals surface area contributed by atoms with E-state index in [1.807, 2.05) is 38.1 Å². The second kappa shape index (κ2) is 5.97. The molecule has 20 heavy (non-hydrogen) atoms. The second-order valence-electron chi connectivity index (χ2n) is 4.50. The third-order valence-electron chi connectivity index (χ3n) is 3.15. The molecule has 0 aliphatic rings. The molecule has 0 spiro atoms. The lowest BCUT2D eigenvalue weighted by Crippen LogP contribution is -2.31. The van der Waals surface area contributed by atoms with Crippen LogP contribution in [-0.4, -0.2) is 17.6 Å². The molecular formula is C16H16ClNO2. The number of nitrogens with zero attached hydrogens (tertiary/aromatic N) is 1. The molecule has 0 aromatic heterocycles. The number of amides is 1. The molecule has 0 atom stereocenters. The van der Waals surface area contributed by atoms with Crippen molar-refractivity contribution in [1.82, 2.24) is 0 Å². The number of phenolic OH excluding ortho intramolecular Hbond substituents is 1. The van der Waals surface area contributed by atoms with Crippen LogP contribution in [0.3, 0.4) is 0 Å². The van der Waals surface area contributed by atoms with Crippen LogP contribution >= 0.6 is 11.6 Å². The van der Waals surface area contributed by atoms with Gasteiger partial charge in [0.1, 0.15) is 5.75 Å². The average molecular weight is 290 g/mol. The summed E-state index contributed by atoms with van der Waals surface area (Å²) in [7, 11) is 0. The number of aromatic hydroxyl groups is 1. The standard InChI is InChI=1S/C16H16ClNO2/c1-3-18(15-7-5-4-6-11(15)2)16(20)13-10-12(19)8-9-14(13)17/h4-10,19H,3H2,1-2H3. The number of rotatable bonds is 3. The van der Waals surface area contributed by atoms with Crippen molar-refractivity contribution in [2.45, 2.75) is 13.8 Å². The van der Waals surface area contributed by atoms with Gasteiger partial charge in [-0.2, -0.15) is 0 Å². The molecule has 0 fully saturated rings. The summed E-state index contributed by atoms with van der Waals surface area (Å²) in [5, 5.41) is 9.87. The maximum absolute atomic E-state index is 12.6. The van der Waals surface area contributed by atoms with Gasteiger partial charge in [0.2, 0.25) is 0 Å². The van der Waals surface area contributed by atoms with Gasteiger partial charge in [0.05, 0.1) is 10.6 Å². The van der Waals surface area contributed by atoms with Gasteiger partial charge in [0.15, 0.2) is 0 Å². The largest absolute Gasteiger partial charge is 0.508 e. The summed E-state index contributed by atoms with van der Waals surface area (Å²) in [5.74, 6) is -0.193. The van der Waals surface area contributed by atoms with Crippen LogP contribution in [0, 0.1) is 6.92 Å². The summed E-state index contributed by atoms with van der Waals surface area (Å²) in [5.41, 5.74) is 2.16. The second-order valence-corrected chi connectivity index (χ2v) is 4.91. The molecule has 0 unspecified atom stereocenters. The quantitative estimate of drug-likeness (QED) is 0.927. The average Bonchev–Trinajstić information content (AvgIpc) is 2.44. The summed E-state index contributed by atoms with van der Waals surface area (Å²) in [4.78, 5) is 14.3. The predicted octanol–water partition coefficient (Wildman–Crippen LogP) is 4.02. The molecule has 2 aromatic rings. The third-order valence-corrected chi connectivity index (χ3v) is 3.48. The first kappa shape index (κ1) is 14.4. The Bertz CT molecular complexity index is 640. The van der Waals surface area contributed by atoms with E-state index in [-0.39, 0.29) is 11.7 Å². The Labute approximate surface area is 123 Å². The molecule has 3 nitrogen and oxygen atoms in total. The van der Waals surface area contributed by atoms with Gasteiger partial charge < -0.3 is 10.0 Å². The summed E-state index contributed by atoms with van der Waals surface area (Å²) in [6.45, 7) is 4.38. The van der Waals surface area contributed by atoms with E-state index in [4.69, 9.17) is 11.6 Å². The SMILES string of the molecule is CCN(C(=O)c1cc(O)ccc1Cl)c1ccccc1C. The molecule has 1 N–H and O–H groups in total. The first-order chi connectivity index (χ1) is 9.54. The molecule has 0 aliphatic heterocycles. The monoisotopic (exact) mass is 289 g/mol. The molecular weight excluding hydrogens is 274 g/mol. The number of carbonyl (C=O) groups excluding carboxylic acids is 1. The van der Waals surface area contributed by atoms with Crippen LogP contribution in [0.1, 0.15) is 22.8 Å². The third kappa shape index (κ3) is 2.78. The zero-order valence-electron chi connectivity index (χ0n) is 11.4. The van der Waals surface area contributed by atoms with Gasteiger partial charge in [0.25, 0.3) is 5.91 Å². The number of halogens is 1. The van der Waals surface area contributed by atoms with Gasteiger partial charge in [-0.05, 0) is 43.7 Å². The molecule has 0 saturated heterocycles. The molecule has 0 aliphatic carbocycles. The highest BCUT2D eigenvalue weighted by atomic mass is 35.5. The molecule has 2 aromatic carbocycles. The molecule has 0 bridgehead atoms. The number of carbonyl (C=O) groups is 1. The Balaban J connectivity index is 2.45. The molecule has 104 valence electrons. The number of para-hydroxylation sites is 1. The van der Waals surface area contributed by atoms with Crippen molar-refractivity contribution in [1.29, 1.82) is 0 Å². The molecule has 1 amide bonds. The topological polar surface area (TPSA) is 40.5 Å². The Morgan fingerprint density at radius 2 is 1.95 bits per heavy atom. The Morgan fingerprint density at radius 3 is 2.60 bits per heavy atom. The lowest BCUT2D eigenvalue weighted by molar-refractivity contribution is 0.0988. The van der Waals surface area contributed by atoms with Gasteiger partial charge in [-0.3, -0.25) is 4.79 Å². The fraction of sp³-hybridized carbons (Fsp3) is 0.188. The van der Waals surface area contributed by atoms with E-state index in [9.17, 15) is 9.90 Å². The highest BCUT2D eigenvalue weighted by molar-refractivity contribution is 6.34. The number of hydrogen-bond acceptors (Lipinski definition) is 2. The number of hydrogen-bond donors (Lipinski definition) is 1. The van der Waals surface area contributed by atoms with Crippen molar-refractivity contribution in [2.24, 2.45) is 0 Å². The number of anilines is 1. The van der Waals surface area contributed by atoms with E-state index in [0.717, 1.165) is 11.3 Å². The van der Waals surface area contributed by atoms with E-state index in [1.54, 1.807) is 4.90 Å². The van der Waals surface area contributed by atoms with E-state index >= 15 is 0 Å². The van der Waals surface area contributed by atoms with Crippen molar-refractivity contribution in [3.63, 3.8) is 0 Å². The highest BCUT2D eigenvalue weighted by Crippen LogP contribution is 2.26. The molecule has 0 radical (unpaired) electrons. The van der Waals surface area contributed by atoms with E-state index in [1.165, 1.54) is 18.2 Å². The fourth-order valence-corrected chi connectivity index (χ4v) is 2.31. The maximum atomic E-state index is 12.6. The Hall–Kier alpha value is -2.00. The minimum absolute atomic E-state index is 0.0265. The van der Waals surface area contributed by atoms with Crippen molar-refractivity contribution in [3.05, 3.63) is 58.6 Å². The lowest BCUT2D eigenvalue weighted by Gasteiger charge is -2.23. The molecule has 2 rings (SSSR count). The highest BCUT2D eigenvalue weighted by Gasteiger charge is 2.20. The van der Waals surface area contributed by atoms with Gasteiger partial charge in [0, 0.05) is 12.2 Å². The lowest BCUT2D eigenvalue weighted by atomic mass is 10.1. The predicted molar refractivity (Wildman–Crippen MR) is 81.6 cm³/mol. The molecule has 0 heterocycles. The summed E-state index contributed by atoms with van der Waals surface area (Å²) < 4.78 is 0. The first-order valence-electron chi connectivity index (χ1n) is 6.40. The zero-order chi connectivity index (χ0) is 14.7. The van der Waals surface area contributed by atoms with Gasteiger partial charge in [-0.1, -0.05) is 29.8 Å². The van der Waals surface area contributed by atoms with Crippen molar-refractivity contribution in [2.75, 3.05) is 11.4 Å². The normalized spacial score (nSPS) is 10.3. The van der Waals surface area contributed by atoms with Crippen LogP contribution in [0.15, 0.2) is 42.5 Å². The van der Waals surface area contributed by atoms with Crippen LogP contribution in [0.25, 0.3) is 0 Å². The van der Waals surface area contributed by atoms with Crippen molar-refractivity contribution >= 4 is 23.2 Å². The van der Waals surface area contributed by atoms with Crippen molar-refractivity contribution in [3.8, 4) is 5.75 Å². The van der Waals surface area contributed by atoms with Crippen LogP contribution < -0.4 is 4.90 Å². The van der Waals surface area contributed by atoms with Crippen LogP contribution in [0.5, 0.6) is 5.75 Å². The minimum Gasteiger partial charge on any atom is -0.508 e. The number of phenols is 1. The van der Waals surface area contributed by atoms with Crippen LogP contribution in [-0.2, 0) is 0 Å². The molecule has 0 saturated carbocycles. The number of benzene rings is 2. The Morgan fingerprint density at radius 1 is 1.25 bits per heavy atom. The van der Waals surface area contributed by atoms with E-state index < -0.39 is 0 Å². The number of aryl methyl sites for hydroxylation is 1.